The molecule has 0 atom stereocenters. The van der Waals surface area contributed by atoms with E-state index < -0.39 is 0 Å². The molecule has 0 aromatic carbocycles. The summed E-state index contributed by atoms with van der Waals surface area (Å²) in [6.07, 6.45) is 1.68. The zero-order chi connectivity index (χ0) is 11.1. The average molecular weight is 232 g/mol. The van der Waals surface area contributed by atoms with E-state index in [9.17, 15) is 4.79 Å². The number of nitrogens with zero attached hydrogens (tertiary/aromatic N) is 1. The quantitative estimate of drug-likeness (QED) is 0.672. The smallest absolute Gasteiger partial charge is 0.189 e. The number of hydrogen-bond donors (Lipinski definition) is 0. The van der Waals surface area contributed by atoms with E-state index in [-0.39, 0.29) is 0 Å². The summed E-state index contributed by atoms with van der Waals surface area (Å²) in [6.45, 7) is 7.04. The molecule has 0 spiro atoms. The molecular formula is C11H22NO2S+. The van der Waals surface area contributed by atoms with Crippen LogP contribution in [0.25, 0.3) is 0 Å². The van der Waals surface area contributed by atoms with Gasteiger partial charge in [-0.2, -0.15) is 0 Å². The maximum absolute atomic E-state index is 11.3. The minimum Gasteiger partial charge on any atom is -0.370 e. The predicted octanol–water partition coefficient (Wildman–Crippen LogP) is 1.52. The lowest BCUT2D eigenvalue weighted by Crippen LogP contribution is -2.53. The molecule has 1 fully saturated rings. The standard InChI is InChI=1S/C11H22NO2S/c1-3-4-11(13)15-10-7-12(2)5-8-14-9-6-12/h3-10H2,1-2H3/q+1. The first kappa shape index (κ1) is 13.0. The summed E-state index contributed by atoms with van der Waals surface area (Å²) < 4.78 is 6.40. The first-order valence-corrected chi connectivity index (χ1v) is 6.72. The fourth-order valence-electron chi connectivity index (χ4n) is 1.66. The average Bonchev–Trinajstić information content (AvgIpc) is 2.19. The van der Waals surface area contributed by atoms with E-state index in [1.807, 2.05) is 6.92 Å². The highest BCUT2D eigenvalue weighted by molar-refractivity contribution is 8.13. The van der Waals surface area contributed by atoms with Crippen molar-refractivity contribution in [3.8, 4) is 0 Å². The number of quaternary nitrogens is 1. The first-order valence-electron chi connectivity index (χ1n) is 5.73. The van der Waals surface area contributed by atoms with Gasteiger partial charge in [-0.05, 0) is 6.42 Å². The Morgan fingerprint density at radius 2 is 2.07 bits per heavy atom. The SMILES string of the molecule is CCCC(=O)SCC[N+]1(C)CCOCC1. The molecule has 0 aromatic heterocycles. The zero-order valence-electron chi connectivity index (χ0n) is 9.83. The molecule has 0 saturated carbocycles. The van der Waals surface area contributed by atoms with Crippen LogP contribution in [-0.4, -0.2) is 55.2 Å². The van der Waals surface area contributed by atoms with Gasteiger partial charge in [0.1, 0.15) is 13.1 Å². The summed E-state index contributed by atoms with van der Waals surface area (Å²) in [5.74, 6) is 0.954. The zero-order valence-corrected chi connectivity index (χ0v) is 10.6. The lowest BCUT2D eigenvalue weighted by molar-refractivity contribution is -0.914. The van der Waals surface area contributed by atoms with Crippen molar-refractivity contribution in [3.63, 3.8) is 0 Å². The van der Waals surface area contributed by atoms with E-state index in [1.165, 1.54) is 11.8 Å². The topological polar surface area (TPSA) is 26.3 Å². The largest absolute Gasteiger partial charge is 0.370 e. The molecule has 1 saturated heterocycles. The molecule has 4 heteroatoms. The Bertz CT molecular complexity index is 203. The van der Waals surface area contributed by atoms with Gasteiger partial charge >= 0.3 is 0 Å². The van der Waals surface area contributed by atoms with Crippen LogP contribution in [0.1, 0.15) is 19.8 Å². The number of carbonyl (C=O) groups excluding carboxylic acids is 1. The lowest BCUT2D eigenvalue weighted by atomic mass is 10.3. The molecule has 15 heavy (non-hydrogen) atoms. The van der Waals surface area contributed by atoms with Crippen LogP contribution in [-0.2, 0) is 9.53 Å². The summed E-state index contributed by atoms with van der Waals surface area (Å²) in [6, 6.07) is 0. The Kier molecular flexibility index (Phi) is 5.64. The van der Waals surface area contributed by atoms with Crippen LogP contribution in [0.2, 0.25) is 0 Å². The number of thioether (sulfide) groups is 1. The molecular weight excluding hydrogens is 210 g/mol. The van der Waals surface area contributed by atoms with Gasteiger partial charge in [-0.25, -0.2) is 0 Å². The first-order chi connectivity index (χ1) is 7.16. The highest BCUT2D eigenvalue weighted by Crippen LogP contribution is 2.12. The van der Waals surface area contributed by atoms with Gasteiger partial charge in [-0.1, -0.05) is 18.7 Å². The summed E-state index contributed by atoms with van der Waals surface area (Å²) in [5, 5.41) is 0.345. The summed E-state index contributed by atoms with van der Waals surface area (Å²) in [7, 11) is 2.26. The van der Waals surface area contributed by atoms with Gasteiger partial charge in [0.2, 0.25) is 0 Å². The van der Waals surface area contributed by atoms with E-state index >= 15 is 0 Å². The molecule has 1 rings (SSSR count). The van der Waals surface area contributed by atoms with Crippen molar-refractivity contribution in [1.29, 1.82) is 0 Å². The molecule has 0 radical (unpaired) electrons. The normalized spacial score (nSPS) is 20.1. The summed E-state index contributed by atoms with van der Waals surface area (Å²) >= 11 is 1.50. The van der Waals surface area contributed by atoms with Crippen LogP contribution in [0, 0.1) is 0 Å². The Morgan fingerprint density at radius 3 is 2.67 bits per heavy atom. The van der Waals surface area contributed by atoms with Gasteiger partial charge in [0.15, 0.2) is 5.12 Å². The van der Waals surface area contributed by atoms with Crippen LogP contribution in [0.4, 0.5) is 0 Å². The molecule has 0 aromatic rings. The second-order valence-corrected chi connectivity index (χ2v) is 5.53. The van der Waals surface area contributed by atoms with Crippen molar-refractivity contribution in [2.75, 3.05) is 45.6 Å². The van der Waals surface area contributed by atoms with E-state index in [0.717, 1.165) is 55.9 Å². The van der Waals surface area contributed by atoms with Gasteiger partial charge in [0.05, 0.1) is 32.6 Å². The van der Waals surface area contributed by atoms with Gasteiger partial charge in [0, 0.05) is 6.42 Å². The number of carbonyl (C=O) groups is 1. The minimum absolute atomic E-state index is 0.345. The minimum atomic E-state index is 0.345. The van der Waals surface area contributed by atoms with E-state index in [1.54, 1.807) is 0 Å². The molecule has 0 unspecified atom stereocenters. The summed E-state index contributed by atoms with van der Waals surface area (Å²) in [4.78, 5) is 11.3. The second kappa shape index (κ2) is 6.51. The van der Waals surface area contributed by atoms with E-state index in [4.69, 9.17) is 4.74 Å². The number of rotatable bonds is 5. The van der Waals surface area contributed by atoms with Crippen molar-refractivity contribution in [1.82, 2.24) is 0 Å². The molecule has 0 bridgehead atoms. The molecule has 0 N–H and O–H groups in total. The van der Waals surface area contributed by atoms with Crippen LogP contribution < -0.4 is 0 Å². The van der Waals surface area contributed by atoms with E-state index in [2.05, 4.69) is 7.05 Å². The van der Waals surface area contributed by atoms with Gasteiger partial charge in [-0.3, -0.25) is 4.79 Å². The predicted molar refractivity (Wildman–Crippen MR) is 64.0 cm³/mol. The molecule has 0 aliphatic carbocycles. The van der Waals surface area contributed by atoms with E-state index in [0.29, 0.717) is 5.12 Å². The number of ether oxygens (including phenoxy) is 1. The van der Waals surface area contributed by atoms with Gasteiger partial charge in [-0.15, -0.1) is 0 Å². The summed E-state index contributed by atoms with van der Waals surface area (Å²) in [5.41, 5.74) is 0. The van der Waals surface area contributed by atoms with Crippen LogP contribution in [0.5, 0.6) is 0 Å². The van der Waals surface area contributed by atoms with Crippen molar-refractivity contribution in [2.45, 2.75) is 19.8 Å². The van der Waals surface area contributed by atoms with Crippen LogP contribution >= 0.6 is 11.8 Å². The van der Waals surface area contributed by atoms with Gasteiger partial charge < -0.3 is 9.22 Å². The molecule has 0 amide bonds. The third-order valence-electron chi connectivity index (χ3n) is 2.90. The van der Waals surface area contributed by atoms with Crippen molar-refractivity contribution < 1.29 is 14.0 Å². The third kappa shape index (κ3) is 5.00. The highest BCUT2D eigenvalue weighted by atomic mass is 32.2. The van der Waals surface area contributed by atoms with Crippen molar-refractivity contribution >= 4 is 16.9 Å². The number of morpholine rings is 1. The molecule has 1 heterocycles. The van der Waals surface area contributed by atoms with Crippen molar-refractivity contribution in [3.05, 3.63) is 0 Å². The monoisotopic (exact) mass is 232 g/mol. The van der Waals surface area contributed by atoms with Crippen LogP contribution in [0.3, 0.4) is 0 Å². The second-order valence-electron chi connectivity index (χ2n) is 4.37. The van der Waals surface area contributed by atoms with Crippen molar-refractivity contribution in [2.24, 2.45) is 0 Å². The van der Waals surface area contributed by atoms with Crippen LogP contribution in [0.15, 0.2) is 0 Å². The maximum Gasteiger partial charge on any atom is 0.189 e. The Morgan fingerprint density at radius 1 is 1.40 bits per heavy atom. The third-order valence-corrected chi connectivity index (χ3v) is 3.81. The molecule has 1 aliphatic rings. The fourth-order valence-corrected chi connectivity index (χ4v) is 2.77. The Balaban J connectivity index is 2.15. The lowest BCUT2D eigenvalue weighted by Gasteiger charge is -2.37. The number of hydrogen-bond acceptors (Lipinski definition) is 3. The fraction of sp³-hybridized carbons (Fsp3) is 0.909. The molecule has 3 nitrogen and oxygen atoms in total. The molecule has 88 valence electrons. The molecule has 1 aliphatic heterocycles. The highest BCUT2D eigenvalue weighted by Gasteiger charge is 2.24. The number of likely N-dealkylation sites (N-methyl/N-ethyl adjacent to an activating group) is 1. The Hall–Kier alpha value is -0.0600. The maximum atomic E-state index is 11.3. The van der Waals surface area contributed by atoms with Gasteiger partial charge in [0.25, 0.3) is 0 Å². The Labute approximate surface area is 96.8 Å².